The first kappa shape index (κ1) is 14.6. The van der Waals surface area contributed by atoms with Crippen LogP contribution in [0.1, 0.15) is 23.3 Å². The number of aromatic nitrogens is 2. The molecule has 2 heterocycles. The Morgan fingerprint density at radius 2 is 2.05 bits per heavy atom. The predicted octanol–water partition coefficient (Wildman–Crippen LogP) is 2.80. The highest BCUT2D eigenvalue weighted by Gasteiger charge is 2.23. The lowest BCUT2D eigenvalue weighted by molar-refractivity contribution is 0.0579. The number of hydrogen-bond acceptors (Lipinski definition) is 4. The first-order valence-corrected chi connectivity index (χ1v) is 7.34. The minimum Gasteiger partial charge on any atom is -0.476 e. The van der Waals surface area contributed by atoms with Crippen LogP contribution in [0.15, 0.2) is 36.5 Å². The van der Waals surface area contributed by atoms with Crippen LogP contribution >= 0.6 is 0 Å². The van der Waals surface area contributed by atoms with Gasteiger partial charge in [-0.05, 0) is 30.9 Å². The number of benzene rings is 1. The summed E-state index contributed by atoms with van der Waals surface area (Å²) in [6.07, 6.45) is 3.32. The van der Waals surface area contributed by atoms with Crippen molar-refractivity contribution in [2.24, 2.45) is 5.92 Å². The quantitative estimate of drug-likeness (QED) is 0.919. The molecule has 0 unspecified atom stereocenters. The number of ether oxygens (including phenoxy) is 2. The average molecular weight is 302 g/mol. The summed E-state index contributed by atoms with van der Waals surface area (Å²) in [5.74, 6) is 0.216. The normalized spacial score (nSPS) is 15.6. The van der Waals surface area contributed by atoms with Gasteiger partial charge in [-0.15, -0.1) is 0 Å². The zero-order chi connectivity index (χ0) is 15.4. The van der Waals surface area contributed by atoms with E-state index in [9.17, 15) is 9.90 Å². The molecule has 0 saturated carbocycles. The second kappa shape index (κ2) is 6.62. The van der Waals surface area contributed by atoms with Crippen LogP contribution in [0.3, 0.4) is 0 Å². The van der Waals surface area contributed by atoms with Crippen LogP contribution in [0, 0.1) is 5.92 Å². The molecule has 3 rings (SSSR count). The third-order valence-electron chi connectivity index (χ3n) is 3.75. The third-order valence-corrected chi connectivity index (χ3v) is 3.75. The smallest absolute Gasteiger partial charge is 0.358 e. The number of nitrogens with zero attached hydrogens (tertiary/aromatic N) is 2. The molecular formula is C16H18N2O4. The van der Waals surface area contributed by atoms with Gasteiger partial charge in [-0.1, -0.05) is 18.2 Å². The Kier molecular flexibility index (Phi) is 4.39. The van der Waals surface area contributed by atoms with Crippen LogP contribution < -0.4 is 4.74 Å². The molecule has 1 saturated heterocycles. The van der Waals surface area contributed by atoms with Crippen LogP contribution in [0.5, 0.6) is 11.5 Å². The molecule has 0 radical (unpaired) electrons. The summed E-state index contributed by atoms with van der Waals surface area (Å²) in [4.78, 5) is 11.6. The standard InChI is InChI=1S/C16H18N2O4/c19-16(20)15-14(22-13-4-2-1-3-5-13)10-17-18(15)11-12-6-8-21-9-7-12/h1-5,10,12H,6-9,11H2,(H,19,20). The maximum absolute atomic E-state index is 11.6. The fourth-order valence-corrected chi connectivity index (χ4v) is 2.59. The molecule has 1 fully saturated rings. The summed E-state index contributed by atoms with van der Waals surface area (Å²) in [5, 5.41) is 13.7. The molecule has 1 N–H and O–H groups in total. The van der Waals surface area contributed by atoms with Crippen LogP contribution in [-0.4, -0.2) is 34.1 Å². The van der Waals surface area contributed by atoms with E-state index in [0.717, 1.165) is 26.1 Å². The van der Waals surface area contributed by atoms with Gasteiger partial charge in [0.15, 0.2) is 11.4 Å². The van der Waals surface area contributed by atoms with E-state index in [4.69, 9.17) is 9.47 Å². The van der Waals surface area contributed by atoms with E-state index in [-0.39, 0.29) is 11.4 Å². The van der Waals surface area contributed by atoms with E-state index in [2.05, 4.69) is 5.10 Å². The minimum atomic E-state index is -1.03. The monoisotopic (exact) mass is 302 g/mol. The SMILES string of the molecule is O=C(O)c1c(Oc2ccccc2)cnn1CC1CCOCC1. The zero-order valence-electron chi connectivity index (χ0n) is 12.1. The summed E-state index contributed by atoms with van der Waals surface area (Å²) in [6.45, 7) is 2.02. The minimum absolute atomic E-state index is 0.0929. The molecule has 2 aromatic rings. The Bertz CT molecular complexity index is 633. The highest BCUT2D eigenvalue weighted by molar-refractivity contribution is 5.88. The van der Waals surface area contributed by atoms with Gasteiger partial charge in [-0.25, -0.2) is 4.79 Å². The van der Waals surface area contributed by atoms with Crippen LogP contribution in [0.2, 0.25) is 0 Å². The second-order valence-electron chi connectivity index (χ2n) is 5.32. The van der Waals surface area contributed by atoms with Crippen LogP contribution in [0.25, 0.3) is 0 Å². The number of carbonyl (C=O) groups is 1. The highest BCUT2D eigenvalue weighted by atomic mass is 16.5. The van der Waals surface area contributed by atoms with E-state index in [0.29, 0.717) is 18.2 Å². The van der Waals surface area contributed by atoms with E-state index in [1.807, 2.05) is 18.2 Å². The summed E-state index contributed by atoms with van der Waals surface area (Å²) < 4.78 is 12.5. The van der Waals surface area contributed by atoms with E-state index < -0.39 is 5.97 Å². The molecular weight excluding hydrogens is 284 g/mol. The van der Waals surface area contributed by atoms with Gasteiger partial charge < -0.3 is 14.6 Å². The van der Waals surface area contributed by atoms with E-state index in [1.54, 1.807) is 12.1 Å². The first-order valence-electron chi connectivity index (χ1n) is 7.34. The Morgan fingerprint density at radius 3 is 2.73 bits per heavy atom. The highest BCUT2D eigenvalue weighted by Crippen LogP contribution is 2.26. The summed E-state index contributed by atoms with van der Waals surface area (Å²) in [6, 6.07) is 9.10. The molecule has 1 aromatic heterocycles. The number of carboxylic acid groups (broad SMARTS) is 1. The van der Waals surface area contributed by atoms with Gasteiger partial charge in [0.25, 0.3) is 0 Å². The van der Waals surface area contributed by atoms with E-state index in [1.165, 1.54) is 10.9 Å². The van der Waals surface area contributed by atoms with Gasteiger partial charge in [0.2, 0.25) is 0 Å². The Labute approximate surface area is 128 Å². The second-order valence-corrected chi connectivity index (χ2v) is 5.32. The molecule has 1 aliphatic heterocycles. The largest absolute Gasteiger partial charge is 0.476 e. The van der Waals surface area contributed by atoms with Gasteiger partial charge >= 0.3 is 5.97 Å². The number of rotatable bonds is 5. The number of carboxylic acids is 1. The Morgan fingerprint density at radius 1 is 1.32 bits per heavy atom. The van der Waals surface area contributed by atoms with Crippen molar-refractivity contribution in [2.75, 3.05) is 13.2 Å². The van der Waals surface area contributed by atoms with Gasteiger partial charge in [0.05, 0.1) is 6.20 Å². The third kappa shape index (κ3) is 3.28. The lowest BCUT2D eigenvalue weighted by Crippen LogP contribution is -2.23. The molecule has 0 bridgehead atoms. The molecule has 1 aliphatic rings. The molecule has 0 atom stereocenters. The fourth-order valence-electron chi connectivity index (χ4n) is 2.59. The Hall–Kier alpha value is -2.34. The molecule has 6 heteroatoms. The van der Waals surface area contributed by atoms with Crippen molar-refractivity contribution < 1.29 is 19.4 Å². The van der Waals surface area contributed by atoms with Crippen molar-refractivity contribution in [3.05, 3.63) is 42.2 Å². The summed E-state index contributed by atoms with van der Waals surface area (Å²) in [7, 11) is 0. The van der Waals surface area contributed by atoms with Crippen molar-refractivity contribution in [3.63, 3.8) is 0 Å². The zero-order valence-corrected chi connectivity index (χ0v) is 12.1. The molecule has 1 aromatic carbocycles. The first-order chi connectivity index (χ1) is 10.7. The summed E-state index contributed by atoms with van der Waals surface area (Å²) in [5.41, 5.74) is 0.0929. The van der Waals surface area contributed by atoms with Crippen molar-refractivity contribution >= 4 is 5.97 Å². The maximum Gasteiger partial charge on any atom is 0.358 e. The Balaban J connectivity index is 1.80. The average Bonchev–Trinajstić information content (AvgIpc) is 2.92. The lowest BCUT2D eigenvalue weighted by atomic mass is 10.0. The van der Waals surface area contributed by atoms with Crippen molar-refractivity contribution in [1.29, 1.82) is 0 Å². The molecule has 116 valence electrons. The summed E-state index contributed by atoms with van der Waals surface area (Å²) >= 11 is 0. The van der Waals surface area contributed by atoms with E-state index >= 15 is 0 Å². The maximum atomic E-state index is 11.6. The van der Waals surface area contributed by atoms with Crippen LogP contribution in [-0.2, 0) is 11.3 Å². The molecule has 0 aliphatic carbocycles. The van der Waals surface area contributed by atoms with Crippen molar-refractivity contribution in [2.45, 2.75) is 19.4 Å². The lowest BCUT2D eigenvalue weighted by Gasteiger charge is -2.22. The van der Waals surface area contributed by atoms with Crippen molar-refractivity contribution in [1.82, 2.24) is 9.78 Å². The topological polar surface area (TPSA) is 73.6 Å². The van der Waals surface area contributed by atoms with Gasteiger partial charge in [0.1, 0.15) is 5.75 Å². The van der Waals surface area contributed by atoms with Gasteiger partial charge in [-0.3, -0.25) is 4.68 Å². The molecule has 6 nitrogen and oxygen atoms in total. The predicted molar refractivity (Wildman–Crippen MR) is 79.2 cm³/mol. The number of hydrogen-bond donors (Lipinski definition) is 1. The molecule has 0 spiro atoms. The number of para-hydroxylation sites is 1. The number of aromatic carboxylic acids is 1. The van der Waals surface area contributed by atoms with Crippen LogP contribution in [0.4, 0.5) is 0 Å². The fraction of sp³-hybridized carbons (Fsp3) is 0.375. The molecule has 0 amide bonds. The molecule has 22 heavy (non-hydrogen) atoms. The van der Waals surface area contributed by atoms with Crippen molar-refractivity contribution in [3.8, 4) is 11.5 Å². The van der Waals surface area contributed by atoms with Gasteiger partial charge in [-0.2, -0.15) is 5.10 Å². The van der Waals surface area contributed by atoms with Gasteiger partial charge in [0, 0.05) is 19.8 Å².